The highest BCUT2D eigenvalue weighted by Gasteiger charge is 2.27. The zero-order chi connectivity index (χ0) is 16.4. The minimum atomic E-state index is -0.127. The van der Waals surface area contributed by atoms with E-state index in [1.807, 2.05) is 30.3 Å². The van der Waals surface area contributed by atoms with Crippen molar-refractivity contribution in [3.05, 3.63) is 60.1 Å². The third kappa shape index (κ3) is 2.71. The number of nitrogens with zero attached hydrogens (tertiary/aromatic N) is 4. The van der Waals surface area contributed by atoms with Gasteiger partial charge in [0.05, 0.1) is 7.11 Å². The SMILES string of the molecule is COc1cc(-c2noc(C3=NO[C@@H](c4ccccc4)C3)n2)ccn1. The molecule has 0 spiro atoms. The summed E-state index contributed by atoms with van der Waals surface area (Å²) in [5.41, 5.74) is 2.47. The van der Waals surface area contributed by atoms with Crippen molar-refractivity contribution in [3.63, 3.8) is 0 Å². The van der Waals surface area contributed by atoms with Crippen LogP contribution in [0.3, 0.4) is 0 Å². The van der Waals surface area contributed by atoms with Crippen LogP contribution in [0, 0.1) is 0 Å². The number of rotatable bonds is 4. The number of ether oxygens (including phenoxy) is 1. The Bertz CT molecular complexity index is 876. The Morgan fingerprint density at radius 2 is 2.04 bits per heavy atom. The van der Waals surface area contributed by atoms with Crippen molar-refractivity contribution in [2.24, 2.45) is 5.16 Å². The van der Waals surface area contributed by atoms with Crippen molar-refractivity contribution in [2.75, 3.05) is 7.11 Å². The second kappa shape index (κ2) is 6.11. The largest absolute Gasteiger partial charge is 0.481 e. The maximum atomic E-state index is 5.49. The Hall–Kier alpha value is -3.22. The molecule has 3 heterocycles. The molecule has 0 N–H and O–H groups in total. The van der Waals surface area contributed by atoms with Gasteiger partial charge >= 0.3 is 0 Å². The predicted octanol–water partition coefficient (Wildman–Crippen LogP) is 3.01. The van der Waals surface area contributed by atoms with Gasteiger partial charge in [0.2, 0.25) is 11.7 Å². The minimum Gasteiger partial charge on any atom is -0.481 e. The van der Waals surface area contributed by atoms with Crippen LogP contribution in [0.1, 0.15) is 24.0 Å². The van der Waals surface area contributed by atoms with Gasteiger partial charge in [-0.05, 0) is 11.6 Å². The zero-order valence-electron chi connectivity index (χ0n) is 12.9. The Morgan fingerprint density at radius 1 is 1.17 bits per heavy atom. The fourth-order valence-corrected chi connectivity index (χ4v) is 2.47. The lowest BCUT2D eigenvalue weighted by molar-refractivity contribution is 0.0857. The summed E-state index contributed by atoms with van der Waals surface area (Å²) in [6, 6.07) is 13.5. The molecule has 24 heavy (non-hydrogen) atoms. The molecule has 7 heteroatoms. The molecule has 0 saturated heterocycles. The van der Waals surface area contributed by atoms with E-state index in [4.69, 9.17) is 14.1 Å². The molecule has 0 unspecified atom stereocenters. The maximum Gasteiger partial charge on any atom is 0.276 e. The predicted molar refractivity (Wildman–Crippen MR) is 85.5 cm³/mol. The molecular weight excluding hydrogens is 308 g/mol. The van der Waals surface area contributed by atoms with Crippen molar-refractivity contribution in [3.8, 4) is 17.3 Å². The lowest BCUT2D eigenvalue weighted by Gasteiger charge is -2.06. The van der Waals surface area contributed by atoms with Crippen molar-refractivity contribution in [1.82, 2.24) is 15.1 Å². The van der Waals surface area contributed by atoms with Crippen LogP contribution in [0.2, 0.25) is 0 Å². The summed E-state index contributed by atoms with van der Waals surface area (Å²) >= 11 is 0. The van der Waals surface area contributed by atoms with Crippen molar-refractivity contribution >= 4 is 5.71 Å². The first-order valence-corrected chi connectivity index (χ1v) is 7.45. The van der Waals surface area contributed by atoms with Gasteiger partial charge in [0, 0.05) is 24.2 Å². The van der Waals surface area contributed by atoms with Crippen LogP contribution in [-0.4, -0.2) is 27.9 Å². The molecule has 0 bridgehead atoms. The van der Waals surface area contributed by atoms with Crippen LogP contribution in [0.25, 0.3) is 11.4 Å². The Balaban J connectivity index is 1.53. The highest BCUT2D eigenvalue weighted by atomic mass is 16.6. The maximum absolute atomic E-state index is 5.49. The molecule has 0 aliphatic carbocycles. The second-order valence-corrected chi connectivity index (χ2v) is 5.26. The van der Waals surface area contributed by atoms with Gasteiger partial charge in [0.25, 0.3) is 5.89 Å². The molecule has 0 radical (unpaired) electrons. The summed E-state index contributed by atoms with van der Waals surface area (Å²) in [7, 11) is 1.56. The first-order valence-electron chi connectivity index (χ1n) is 7.45. The van der Waals surface area contributed by atoms with Crippen molar-refractivity contribution < 1.29 is 14.1 Å². The van der Waals surface area contributed by atoms with E-state index in [0.29, 0.717) is 29.7 Å². The topological polar surface area (TPSA) is 82.6 Å². The van der Waals surface area contributed by atoms with E-state index in [-0.39, 0.29) is 6.10 Å². The molecule has 0 saturated carbocycles. The van der Waals surface area contributed by atoms with Gasteiger partial charge in [-0.3, -0.25) is 0 Å². The Labute approximate surface area is 137 Å². The number of oxime groups is 1. The molecule has 1 atom stereocenters. The molecule has 1 aliphatic heterocycles. The summed E-state index contributed by atoms with van der Waals surface area (Å²) in [4.78, 5) is 13.9. The normalized spacial score (nSPS) is 16.5. The number of aromatic nitrogens is 3. The Morgan fingerprint density at radius 3 is 2.88 bits per heavy atom. The van der Waals surface area contributed by atoms with E-state index in [9.17, 15) is 0 Å². The van der Waals surface area contributed by atoms with Gasteiger partial charge in [-0.25, -0.2) is 4.98 Å². The van der Waals surface area contributed by atoms with Gasteiger partial charge in [-0.15, -0.1) is 0 Å². The molecule has 1 aliphatic rings. The van der Waals surface area contributed by atoms with Crippen LogP contribution >= 0.6 is 0 Å². The molecular formula is C17H14N4O3. The number of hydrogen-bond acceptors (Lipinski definition) is 7. The zero-order valence-corrected chi connectivity index (χ0v) is 12.9. The van der Waals surface area contributed by atoms with E-state index >= 15 is 0 Å². The molecule has 7 nitrogen and oxygen atoms in total. The molecule has 0 fully saturated rings. The average molecular weight is 322 g/mol. The number of benzene rings is 1. The fraction of sp³-hybridized carbons (Fsp3) is 0.176. The first-order chi connectivity index (χ1) is 11.8. The van der Waals surface area contributed by atoms with E-state index in [1.165, 1.54) is 0 Å². The molecule has 2 aromatic heterocycles. The highest BCUT2D eigenvalue weighted by molar-refractivity contribution is 5.97. The van der Waals surface area contributed by atoms with Crippen LogP contribution < -0.4 is 4.74 Å². The van der Waals surface area contributed by atoms with Crippen molar-refractivity contribution in [1.29, 1.82) is 0 Å². The summed E-state index contributed by atoms with van der Waals surface area (Å²) in [6.45, 7) is 0. The fourth-order valence-electron chi connectivity index (χ4n) is 2.47. The monoisotopic (exact) mass is 322 g/mol. The number of hydrogen-bond donors (Lipinski definition) is 0. The molecule has 120 valence electrons. The minimum absolute atomic E-state index is 0.127. The summed E-state index contributed by atoms with van der Waals surface area (Å²) < 4.78 is 10.4. The molecule has 3 aromatic rings. The summed E-state index contributed by atoms with van der Waals surface area (Å²) in [6.07, 6.45) is 2.09. The standard InChI is InChI=1S/C17H14N4O3/c1-22-15-9-12(7-8-18-15)16-19-17(24-21-16)13-10-14(23-20-13)11-5-3-2-4-6-11/h2-9,14H,10H2,1H3/t14-/m1/s1. The second-order valence-electron chi connectivity index (χ2n) is 5.26. The molecule has 4 rings (SSSR count). The van der Waals surface area contributed by atoms with Crippen LogP contribution in [-0.2, 0) is 4.84 Å². The van der Waals surface area contributed by atoms with Gasteiger partial charge in [-0.2, -0.15) is 4.98 Å². The first kappa shape index (κ1) is 14.4. The van der Waals surface area contributed by atoms with E-state index < -0.39 is 0 Å². The van der Waals surface area contributed by atoms with Crippen LogP contribution in [0.5, 0.6) is 5.88 Å². The number of methoxy groups -OCH3 is 1. The summed E-state index contributed by atoms with van der Waals surface area (Å²) in [5, 5.41) is 8.09. The van der Waals surface area contributed by atoms with Crippen LogP contribution in [0.15, 0.2) is 58.3 Å². The van der Waals surface area contributed by atoms with Crippen molar-refractivity contribution in [2.45, 2.75) is 12.5 Å². The molecule has 1 aromatic carbocycles. The summed E-state index contributed by atoms with van der Waals surface area (Å²) in [5.74, 6) is 1.31. The highest BCUT2D eigenvalue weighted by Crippen LogP contribution is 2.29. The quantitative estimate of drug-likeness (QED) is 0.734. The van der Waals surface area contributed by atoms with E-state index in [0.717, 1.165) is 11.1 Å². The lowest BCUT2D eigenvalue weighted by atomic mass is 10.0. The number of pyridine rings is 1. The van der Waals surface area contributed by atoms with E-state index in [1.54, 1.807) is 25.4 Å². The van der Waals surface area contributed by atoms with Crippen LogP contribution in [0.4, 0.5) is 0 Å². The van der Waals surface area contributed by atoms with Gasteiger partial charge in [0.1, 0.15) is 5.71 Å². The third-order valence-corrected chi connectivity index (χ3v) is 3.72. The van der Waals surface area contributed by atoms with Gasteiger partial charge in [-0.1, -0.05) is 40.6 Å². The smallest absolute Gasteiger partial charge is 0.276 e. The molecule has 0 amide bonds. The third-order valence-electron chi connectivity index (χ3n) is 3.72. The van der Waals surface area contributed by atoms with Gasteiger partial charge < -0.3 is 14.1 Å². The van der Waals surface area contributed by atoms with E-state index in [2.05, 4.69) is 20.3 Å². The Kier molecular flexibility index (Phi) is 3.66. The van der Waals surface area contributed by atoms with Gasteiger partial charge in [0.15, 0.2) is 6.10 Å². The lowest BCUT2D eigenvalue weighted by Crippen LogP contribution is -2.01. The average Bonchev–Trinajstić information content (AvgIpc) is 3.32.